The highest BCUT2D eigenvalue weighted by molar-refractivity contribution is 6.05. The first-order chi connectivity index (χ1) is 11.9. The first-order valence-corrected chi connectivity index (χ1v) is 7.24. The number of nitrogens with two attached hydrogens (primary N) is 2. The minimum absolute atomic E-state index is 0.0548. The summed E-state index contributed by atoms with van der Waals surface area (Å²) in [5, 5.41) is 10.2. The minimum Gasteiger partial charge on any atom is -0.398 e. The molecule has 0 atom stereocenters. The normalized spacial score (nSPS) is 13.5. The molecule has 5 N–H and O–H groups in total. The van der Waals surface area contributed by atoms with Crippen LogP contribution in [0.3, 0.4) is 0 Å². The van der Waals surface area contributed by atoms with Crippen molar-refractivity contribution in [2.45, 2.75) is 18.0 Å². The van der Waals surface area contributed by atoms with E-state index in [4.69, 9.17) is 11.5 Å². The fourth-order valence-electron chi connectivity index (χ4n) is 2.99. The predicted molar refractivity (Wildman–Crippen MR) is 86.3 cm³/mol. The summed E-state index contributed by atoms with van der Waals surface area (Å²) in [6.45, 7) is 0. The van der Waals surface area contributed by atoms with E-state index in [1.165, 1.54) is 18.2 Å². The molecule has 0 bridgehead atoms. The lowest BCUT2D eigenvalue weighted by Gasteiger charge is -2.34. The quantitative estimate of drug-likeness (QED) is 0.334. The Bertz CT molecular complexity index is 996. The van der Waals surface area contributed by atoms with Gasteiger partial charge >= 0.3 is 12.4 Å². The summed E-state index contributed by atoms with van der Waals surface area (Å²) in [6.07, 6.45) is -12.1. The second kappa shape index (κ2) is 5.41. The van der Waals surface area contributed by atoms with E-state index in [-0.39, 0.29) is 16.5 Å². The monoisotopic (exact) mass is 374 g/mol. The van der Waals surface area contributed by atoms with Gasteiger partial charge in [-0.05, 0) is 40.4 Å². The predicted octanol–water partition coefficient (Wildman–Crippen LogP) is 4.47. The fraction of sp³-hybridized carbons (Fsp3) is 0.176. The van der Waals surface area contributed by atoms with E-state index in [0.717, 1.165) is 12.1 Å². The largest absolute Gasteiger partial charge is 0.430 e. The third-order valence-corrected chi connectivity index (χ3v) is 4.27. The van der Waals surface area contributed by atoms with Crippen molar-refractivity contribution in [3.8, 4) is 0 Å². The van der Waals surface area contributed by atoms with Gasteiger partial charge in [-0.1, -0.05) is 18.2 Å². The van der Waals surface area contributed by atoms with E-state index < -0.39 is 34.6 Å². The lowest BCUT2D eigenvalue weighted by atomic mass is 9.85. The third kappa shape index (κ3) is 2.42. The van der Waals surface area contributed by atoms with Crippen molar-refractivity contribution in [3.63, 3.8) is 0 Å². The standard InChI is InChI=1S/C17H12F6N2O/c18-16(19,20)15(26,17(21,22)23)14-11-7-10-8(2-1-3-12(10)24)6-9(11)4-5-13(14)25/h1-7,26H,24-25H2. The van der Waals surface area contributed by atoms with Crippen molar-refractivity contribution >= 4 is 32.9 Å². The number of hydrogen-bond donors (Lipinski definition) is 3. The molecule has 0 aliphatic carbocycles. The van der Waals surface area contributed by atoms with Gasteiger partial charge in [0.05, 0.1) is 0 Å². The summed E-state index contributed by atoms with van der Waals surface area (Å²) in [5.41, 5.74) is 3.99. The maximum atomic E-state index is 13.3. The molecule has 0 saturated carbocycles. The molecule has 3 nitrogen and oxygen atoms in total. The molecule has 0 heterocycles. The number of fused-ring (bicyclic) bond motifs is 2. The Kier molecular flexibility index (Phi) is 3.77. The van der Waals surface area contributed by atoms with Gasteiger partial charge in [0.25, 0.3) is 5.60 Å². The van der Waals surface area contributed by atoms with Crippen LogP contribution in [-0.2, 0) is 5.60 Å². The second-order valence-corrected chi connectivity index (χ2v) is 5.88. The SMILES string of the molecule is Nc1ccc2cc3cccc(N)c3cc2c1C(O)(C(F)(F)F)C(F)(F)F. The van der Waals surface area contributed by atoms with Crippen LogP contribution in [0.25, 0.3) is 21.5 Å². The molecule has 138 valence electrons. The van der Waals surface area contributed by atoms with Crippen molar-refractivity contribution in [1.82, 2.24) is 0 Å². The number of benzene rings is 3. The molecule has 3 rings (SSSR count). The highest BCUT2D eigenvalue weighted by Gasteiger charge is 2.72. The molecule has 0 amide bonds. The summed E-state index contributed by atoms with van der Waals surface area (Å²) in [6, 6.07) is 9.32. The van der Waals surface area contributed by atoms with Crippen LogP contribution in [0.1, 0.15) is 5.56 Å². The van der Waals surface area contributed by atoms with Gasteiger partial charge in [0.2, 0.25) is 0 Å². The molecule has 0 aliphatic rings. The molecular formula is C17H12F6N2O. The molecule has 0 saturated heterocycles. The number of hydrogen-bond acceptors (Lipinski definition) is 3. The Hall–Kier alpha value is -2.68. The van der Waals surface area contributed by atoms with Crippen molar-refractivity contribution in [3.05, 3.63) is 48.0 Å². The molecule has 0 aliphatic heterocycles. The van der Waals surface area contributed by atoms with Gasteiger partial charge < -0.3 is 16.6 Å². The van der Waals surface area contributed by atoms with Crippen LogP contribution >= 0.6 is 0 Å². The zero-order valence-corrected chi connectivity index (χ0v) is 12.9. The highest BCUT2D eigenvalue weighted by Crippen LogP contribution is 2.53. The van der Waals surface area contributed by atoms with Crippen molar-refractivity contribution in [1.29, 1.82) is 0 Å². The number of aliphatic hydroxyl groups is 1. The lowest BCUT2D eigenvalue weighted by molar-refractivity contribution is -0.375. The van der Waals surface area contributed by atoms with E-state index in [1.54, 1.807) is 12.1 Å². The molecule has 0 unspecified atom stereocenters. The topological polar surface area (TPSA) is 72.3 Å². The van der Waals surface area contributed by atoms with Crippen molar-refractivity contribution < 1.29 is 31.4 Å². The Morgan fingerprint density at radius 3 is 1.85 bits per heavy atom. The molecule has 3 aromatic rings. The molecule has 0 fully saturated rings. The number of alkyl halides is 6. The van der Waals surface area contributed by atoms with Gasteiger partial charge in [0.15, 0.2) is 0 Å². The second-order valence-electron chi connectivity index (χ2n) is 5.88. The first-order valence-electron chi connectivity index (χ1n) is 7.24. The van der Waals surface area contributed by atoms with Crippen molar-refractivity contribution in [2.75, 3.05) is 11.5 Å². The maximum absolute atomic E-state index is 13.3. The Morgan fingerprint density at radius 1 is 0.692 bits per heavy atom. The molecule has 0 radical (unpaired) electrons. The van der Waals surface area contributed by atoms with E-state index in [2.05, 4.69) is 0 Å². The van der Waals surface area contributed by atoms with Crippen LogP contribution in [0.5, 0.6) is 0 Å². The van der Waals surface area contributed by atoms with Crippen LogP contribution in [0, 0.1) is 0 Å². The summed E-state index contributed by atoms with van der Waals surface area (Å²) in [5.74, 6) is 0. The number of halogens is 6. The fourth-order valence-corrected chi connectivity index (χ4v) is 2.99. The molecule has 9 heteroatoms. The van der Waals surface area contributed by atoms with Gasteiger partial charge in [-0.25, -0.2) is 0 Å². The number of nitrogen functional groups attached to an aromatic ring is 2. The maximum Gasteiger partial charge on any atom is 0.430 e. The third-order valence-electron chi connectivity index (χ3n) is 4.27. The number of rotatable bonds is 1. The molecule has 3 aromatic carbocycles. The van der Waals surface area contributed by atoms with Crippen LogP contribution in [0.2, 0.25) is 0 Å². The summed E-state index contributed by atoms with van der Waals surface area (Å²) >= 11 is 0. The summed E-state index contributed by atoms with van der Waals surface area (Å²) in [7, 11) is 0. The van der Waals surface area contributed by atoms with Crippen LogP contribution in [0.15, 0.2) is 42.5 Å². The van der Waals surface area contributed by atoms with Crippen LogP contribution in [-0.4, -0.2) is 17.5 Å². The van der Waals surface area contributed by atoms with E-state index >= 15 is 0 Å². The van der Waals surface area contributed by atoms with Gasteiger partial charge in [0.1, 0.15) is 0 Å². The Labute approximate surface area is 142 Å². The van der Waals surface area contributed by atoms with Gasteiger partial charge in [0, 0.05) is 22.3 Å². The van der Waals surface area contributed by atoms with E-state index in [1.807, 2.05) is 0 Å². The zero-order chi connectivity index (χ0) is 19.5. The summed E-state index contributed by atoms with van der Waals surface area (Å²) < 4.78 is 80.0. The molecular weight excluding hydrogens is 362 g/mol. The van der Waals surface area contributed by atoms with E-state index in [0.29, 0.717) is 5.39 Å². The minimum atomic E-state index is -6.04. The number of anilines is 2. The Morgan fingerprint density at radius 2 is 1.27 bits per heavy atom. The highest BCUT2D eigenvalue weighted by atomic mass is 19.4. The lowest BCUT2D eigenvalue weighted by Crippen LogP contribution is -2.54. The van der Waals surface area contributed by atoms with Crippen LogP contribution < -0.4 is 11.5 Å². The zero-order valence-electron chi connectivity index (χ0n) is 12.9. The van der Waals surface area contributed by atoms with Gasteiger partial charge in [-0.15, -0.1) is 0 Å². The van der Waals surface area contributed by atoms with E-state index in [9.17, 15) is 31.4 Å². The first kappa shape index (κ1) is 18.1. The average molecular weight is 374 g/mol. The van der Waals surface area contributed by atoms with Gasteiger partial charge in [-0.2, -0.15) is 26.3 Å². The molecule has 26 heavy (non-hydrogen) atoms. The smallest absolute Gasteiger partial charge is 0.398 e. The Balaban J connectivity index is 2.52. The summed E-state index contributed by atoms with van der Waals surface area (Å²) in [4.78, 5) is 0. The molecule has 0 spiro atoms. The average Bonchev–Trinajstić information content (AvgIpc) is 2.51. The van der Waals surface area contributed by atoms with Gasteiger partial charge in [-0.3, -0.25) is 0 Å². The van der Waals surface area contributed by atoms with Crippen molar-refractivity contribution in [2.24, 2.45) is 0 Å². The van der Waals surface area contributed by atoms with Crippen LogP contribution in [0.4, 0.5) is 37.7 Å². The molecule has 0 aromatic heterocycles.